The average Bonchev–Trinajstić information content (AvgIpc) is 1.80. The molecule has 0 unspecified atom stereocenters. The quantitative estimate of drug-likeness (QED) is 0.646. The fraction of sp³-hybridized carbons (Fsp3) is 0.714. The fourth-order valence-corrected chi connectivity index (χ4v) is 1.01. The summed E-state index contributed by atoms with van der Waals surface area (Å²) in [6.45, 7) is 7.39. The Hall–Kier alpha value is -0.550. The van der Waals surface area contributed by atoms with Gasteiger partial charge in [-0.3, -0.25) is 0 Å². The van der Waals surface area contributed by atoms with Gasteiger partial charge in [0.15, 0.2) is 0 Å². The maximum absolute atomic E-state index is 10.6. The second-order valence-electron chi connectivity index (χ2n) is 2.80. The molecule has 0 bridgehead atoms. The minimum atomic E-state index is -3.15. The summed E-state index contributed by atoms with van der Waals surface area (Å²) >= 11 is 0. The van der Waals surface area contributed by atoms with Crippen LogP contribution in [0, 0.1) is 0 Å². The first kappa shape index (κ1) is 11.4. The molecule has 0 rings (SSSR count). The highest BCUT2D eigenvalue weighted by atomic mass is 32.2. The molecule has 0 aliphatic carbocycles. The summed E-state index contributed by atoms with van der Waals surface area (Å²) in [6.07, 6.45) is 1.12. The first-order valence-electron chi connectivity index (χ1n) is 3.60. The molecule has 0 aliphatic rings. The van der Waals surface area contributed by atoms with Crippen molar-refractivity contribution in [2.75, 3.05) is 12.8 Å². The largest absolute Gasteiger partial charge is 0.495 e. The maximum Gasteiger partial charge on any atom is 0.209 e. The van der Waals surface area contributed by atoms with Crippen molar-refractivity contribution in [3.63, 3.8) is 0 Å². The van der Waals surface area contributed by atoms with Gasteiger partial charge in [-0.15, -0.1) is 0 Å². The molecule has 0 saturated heterocycles. The number of hydrogen-bond donors (Lipinski definition) is 1. The average molecular weight is 193 g/mol. The van der Waals surface area contributed by atoms with E-state index in [1.807, 2.05) is 13.8 Å². The van der Waals surface area contributed by atoms with Crippen molar-refractivity contribution >= 4 is 10.0 Å². The Kier molecular flexibility index (Phi) is 4.26. The Morgan fingerprint density at radius 3 is 2.42 bits per heavy atom. The Bertz CT molecular complexity index is 243. The maximum atomic E-state index is 10.6. The third-order valence-electron chi connectivity index (χ3n) is 0.934. The van der Waals surface area contributed by atoms with Crippen molar-refractivity contribution in [3.05, 3.63) is 12.3 Å². The molecule has 0 aromatic heterocycles. The van der Waals surface area contributed by atoms with Crippen LogP contribution >= 0.6 is 0 Å². The predicted octanol–water partition coefficient (Wildman–Crippen LogP) is 0.474. The second kappa shape index (κ2) is 4.47. The molecular weight excluding hydrogens is 178 g/mol. The van der Waals surface area contributed by atoms with Gasteiger partial charge in [0.25, 0.3) is 0 Å². The molecule has 12 heavy (non-hydrogen) atoms. The molecule has 72 valence electrons. The van der Waals surface area contributed by atoms with Gasteiger partial charge in [-0.05, 0) is 13.8 Å². The molecular formula is C7H15NO3S. The normalized spacial score (nSPS) is 11.7. The van der Waals surface area contributed by atoms with Crippen molar-refractivity contribution in [1.82, 2.24) is 4.72 Å². The summed E-state index contributed by atoms with van der Waals surface area (Å²) in [5.41, 5.74) is 0. The minimum Gasteiger partial charge on any atom is -0.495 e. The van der Waals surface area contributed by atoms with Crippen LogP contribution in [0.1, 0.15) is 13.8 Å². The highest BCUT2D eigenvalue weighted by Gasteiger charge is 2.03. The third kappa shape index (κ3) is 7.56. The number of hydrogen-bond acceptors (Lipinski definition) is 3. The van der Waals surface area contributed by atoms with Crippen molar-refractivity contribution in [3.8, 4) is 0 Å². The van der Waals surface area contributed by atoms with E-state index in [0.717, 1.165) is 6.26 Å². The van der Waals surface area contributed by atoms with Gasteiger partial charge in [-0.1, -0.05) is 6.58 Å². The smallest absolute Gasteiger partial charge is 0.209 e. The summed E-state index contributed by atoms with van der Waals surface area (Å²) in [4.78, 5) is 0. The van der Waals surface area contributed by atoms with Gasteiger partial charge in [0, 0.05) is 0 Å². The standard InChI is InChI=1S/C7H15NO3S/c1-6(2)11-7(3)5-8-12(4,9)10/h6,8H,3,5H2,1-2,4H3. The van der Waals surface area contributed by atoms with Crippen LogP contribution in [0.4, 0.5) is 0 Å². The van der Waals surface area contributed by atoms with Gasteiger partial charge in [0.1, 0.15) is 5.76 Å². The monoisotopic (exact) mass is 193 g/mol. The number of rotatable bonds is 5. The van der Waals surface area contributed by atoms with Crippen molar-refractivity contribution in [2.24, 2.45) is 0 Å². The summed E-state index contributed by atoms with van der Waals surface area (Å²) in [7, 11) is -3.15. The van der Waals surface area contributed by atoms with Crippen LogP contribution in [0.2, 0.25) is 0 Å². The van der Waals surface area contributed by atoms with Gasteiger partial charge < -0.3 is 4.74 Å². The third-order valence-corrected chi connectivity index (χ3v) is 1.60. The highest BCUT2D eigenvalue weighted by molar-refractivity contribution is 7.88. The van der Waals surface area contributed by atoms with E-state index in [-0.39, 0.29) is 12.6 Å². The van der Waals surface area contributed by atoms with E-state index in [1.54, 1.807) is 0 Å². The first-order valence-corrected chi connectivity index (χ1v) is 5.49. The molecule has 0 aliphatic heterocycles. The van der Waals surface area contributed by atoms with Gasteiger partial charge >= 0.3 is 0 Å². The van der Waals surface area contributed by atoms with E-state index >= 15 is 0 Å². The van der Waals surface area contributed by atoms with Crippen LogP contribution in [-0.4, -0.2) is 27.3 Å². The molecule has 4 nitrogen and oxygen atoms in total. The first-order chi connectivity index (χ1) is 5.31. The van der Waals surface area contributed by atoms with Crippen LogP contribution in [-0.2, 0) is 14.8 Å². The zero-order valence-corrected chi connectivity index (χ0v) is 8.44. The molecule has 0 spiro atoms. The number of sulfonamides is 1. The summed E-state index contributed by atoms with van der Waals surface area (Å²) in [5, 5.41) is 0. The molecule has 0 heterocycles. The Labute approximate surface area is 73.7 Å². The van der Waals surface area contributed by atoms with Crippen LogP contribution in [0.3, 0.4) is 0 Å². The van der Waals surface area contributed by atoms with Crippen molar-refractivity contribution in [1.29, 1.82) is 0 Å². The van der Waals surface area contributed by atoms with Gasteiger partial charge in [0.2, 0.25) is 10.0 Å². The van der Waals surface area contributed by atoms with Crippen LogP contribution in [0.25, 0.3) is 0 Å². The van der Waals surface area contributed by atoms with Crippen molar-refractivity contribution in [2.45, 2.75) is 20.0 Å². The van der Waals surface area contributed by atoms with E-state index in [4.69, 9.17) is 4.74 Å². The molecule has 0 aromatic carbocycles. The predicted molar refractivity (Wildman–Crippen MR) is 48.2 cm³/mol. The lowest BCUT2D eigenvalue weighted by atomic mass is 10.4. The number of ether oxygens (including phenoxy) is 1. The Balaban J connectivity index is 3.73. The fourth-order valence-electron chi connectivity index (χ4n) is 0.587. The number of nitrogens with one attached hydrogen (secondary N) is 1. The Morgan fingerprint density at radius 2 is 2.08 bits per heavy atom. The topological polar surface area (TPSA) is 55.4 Å². The minimum absolute atomic E-state index is 0.0267. The molecule has 0 saturated carbocycles. The summed E-state index contributed by atoms with van der Waals surface area (Å²) in [5.74, 6) is 0.426. The zero-order chi connectivity index (χ0) is 9.78. The van der Waals surface area contributed by atoms with E-state index in [2.05, 4.69) is 11.3 Å². The van der Waals surface area contributed by atoms with Crippen molar-refractivity contribution < 1.29 is 13.2 Å². The van der Waals surface area contributed by atoms with Gasteiger partial charge in [-0.2, -0.15) is 0 Å². The lowest BCUT2D eigenvalue weighted by molar-refractivity contribution is 0.145. The zero-order valence-electron chi connectivity index (χ0n) is 7.62. The molecule has 5 heteroatoms. The molecule has 0 radical (unpaired) electrons. The van der Waals surface area contributed by atoms with Crippen LogP contribution in [0.15, 0.2) is 12.3 Å². The molecule has 0 amide bonds. The van der Waals surface area contributed by atoms with E-state index in [1.165, 1.54) is 0 Å². The highest BCUT2D eigenvalue weighted by Crippen LogP contribution is 1.97. The lowest BCUT2D eigenvalue weighted by Gasteiger charge is -2.11. The molecule has 0 aromatic rings. The second-order valence-corrected chi connectivity index (χ2v) is 4.63. The lowest BCUT2D eigenvalue weighted by Crippen LogP contribution is -2.25. The van der Waals surface area contributed by atoms with Crippen LogP contribution in [0.5, 0.6) is 0 Å². The SMILES string of the molecule is C=C(CNS(C)(=O)=O)OC(C)C. The molecule has 0 fully saturated rings. The van der Waals surface area contributed by atoms with E-state index < -0.39 is 10.0 Å². The van der Waals surface area contributed by atoms with E-state index in [9.17, 15) is 8.42 Å². The Morgan fingerprint density at radius 1 is 1.58 bits per heavy atom. The van der Waals surface area contributed by atoms with Gasteiger partial charge in [-0.25, -0.2) is 13.1 Å². The van der Waals surface area contributed by atoms with E-state index in [0.29, 0.717) is 5.76 Å². The summed E-state index contributed by atoms with van der Waals surface area (Å²) < 4.78 is 28.6. The van der Waals surface area contributed by atoms with Crippen LogP contribution < -0.4 is 4.72 Å². The summed E-state index contributed by atoms with van der Waals surface area (Å²) in [6, 6.07) is 0. The molecule has 0 atom stereocenters. The van der Waals surface area contributed by atoms with Gasteiger partial charge in [0.05, 0.1) is 18.9 Å². The molecule has 1 N–H and O–H groups in total.